The Balaban J connectivity index is 1.43. The number of amides is 3. The van der Waals surface area contributed by atoms with Gasteiger partial charge in [-0.3, -0.25) is 4.79 Å². The lowest BCUT2D eigenvalue weighted by Crippen LogP contribution is -2.47. The second-order valence-corrected chi connectivity index (χ2v) is 7.70. The summed E-state index contributed by atoms with van der Waals surface area (Å²) in [4.78, 5) is 40.4. The smallest absolute Gasteiger partial charge is 0.345 e. The van der Waals surface area contributed by atoms with Crippen LogP contribution in [0.1, 0.15) is 40.2 Å². The van der Waals surface area contributed by atoms with Gasteiger partial charge in [0.2, 0.25) is 5.91 Å². The van der Waals surface area contributed by atoms with Gasteiger partial charge in [0.05, 0.1) is 6.54 Å². The Bertz CT molecular complexity index is 646. The number of carbonyl (C=O) groups is 3. The maximum atomic E-state index is 12.3. The molecule has 0 aromatic carbocycles. The van der Waals surface area contributed by atoms with E-state index in [2.05, 4.69) is 5.32 Å². The van der Waals surface area contributed by atoms with Gasteiger partial charge in [-0.2, -0.15) is 0 Å². The number of hydrogen-bond donors (Lipinski definition) is 2. The molecule has 7 nitrogen and oxygen atoms in total. The van der Waals surface area contributed by atoms with Crippen LogP contribution in [0.3, 0.4) is 0 Å². The first-order valence-electron chi connectivity index (χ1n) is 8.68. The lowest BCUT2D eigenvalue weighted by molar-refractivity contribution is -0.126. The largest absolute Gasteiger partial charge is 0.477 e. The Labute approximate surface area is 150 Å². The molecule has 0 unspecified atom stereocenters. The molecule has 1 aromatic rings. The van der Waals surface area contributed by atoms with Gasteiger partial charge in [-0.25, -0.2) is 9.59 Å². The van der Waals surface area contributed by atoms with Crippen molar-refractivity contribution < 1.29 is 19.5 Å². The number of likely N-dealkylation sites (tertiary alicyclic amines) is 2. The first-order valence-corrected chi connectivity index (χ1v) is 9.50. The minimum Gasteiger partial charge on any atom is -0.477 e. The molecule has 0 saturated carbocycles. The summed E-state index contributed by atoms with van der Waals surface area (Å²) in [7, 11) is 0. The van der Waals surface area contributed by atoms with Crippen LogP contribution < -0.4 is 5.32 Å². The zero-order valence-corrected chi connectivity index (χ0v) is 14.9. The van der Waals surface area contributed by atoms with E-state index in [9.17, 15) is 14.4 Å². The van der Waals surface area contributed by atoms with Crippen molar-refractivity contribution in [3.8, 4) is 0 Å². The van der Waals surface area contributed by atoms with Crippen LogP contribution in [0.5, 0.6) is 0 Å². The Morgan fingerprint density at radius 2 is 1.72 bits per heavy atom. The minimum absolute atomic E-state index is 0.0152. The van der Waals surface area contributed by atoms with E-state index in [1.807, 2.05) is 9.80 Å². The molecule has 0 aliphatic carbocycles. The molecule has 2 N–H and O–H groups in total. The molecule has 3 rings (SSSR count). The van der Waals surface area contributed by atoms with E-state index in [0.717, 1.165) is 30.8 Å². The number of hydrogen-bond acceptors (Lipinski definition) is 4. The first-order chi connectivity index (χ1) is 12.0. The zero-order valence-electron chi connectivity index (χ0n) is 14.1. The van der Waals surface area contributed by atoms with Gasteiger partial charge in [-0.1, -0.05) is 0 Å². The summed E-state index contributed by atoms with van der Waals surface area (Å²) in [5.41, 5.74) is 0. The highest BCUT2D eigenvalue weighted by molar-refractivity contribution is 7.13. The highest BCUT2D eigenvalue weighted by Gasteiger charge is 2.30. The lowest BCUT2D eigenvalue weighted by atomic mass is 9.96. The second-order valence-electron chi connectivity index (χ2n) is 6.53. The van der Waals surface area contributed by atoms with Crippen LogP contribution in [-0.4, -0.2) is 59.0 Å². The van der Waals surface area contributed by atoms with Crippen LogP contribution in [0.15, 0.2) is 12.1 Å². The number of nitrogens with zero attached hydrogens (tertiary/aromatic N) is 2. The van der Waals surface area contributed by atoms with Crippen molar-refractivity contribution in [3.05, 3.63) is 21.9 Å². The molecule has 2 aliphatic rings. The second kappa shape index (κ2) is 7.86. The maximum absolute atomic E-state index is 12.3. The van der Waals surface area contributed by atoms with Gasteiger partial charge in [0.15, 0.2) is 0 Å². The monoisotopic (exact) mass is 365 g/mol. The molecule has 0 radical (unpaired) electrons. The van der Waals surface area contributed by atoms with Crippen LogP contribution in [0.2, 0.25) is 0 Å². The van der Waals surface area contributed by atoms with E-state index < -0.39 is 5.97 Å². The number of piperidine rings is 1. The Morgan fingerprint density at radius 3 is 2.32 bits per heavy atom. The number of urea groups is 1. The lowest BCUT2D eigenvalue weighted by Gasteiger charge is -2.34. The molecule has 136 valence electrons. The predicted octanol–water partition coefficient (Wildman–Crippen LogP) is 1.99. The third kappa shape index (κ3) is 4.31. The van der Waals surface area contributed by atoms with Gasteiger partial charge in [-0.15, -0.1) is 11.3 Å². The molecular weight excluding hydrogens is 342 g/mol. The van der Waals surface area contributed by atoms with Gasteiger partial charge >= 0.3 is 12.0 Å². The highest BCUT2D eigenvalue weighted by atomic mass is 32.1. The molecule has 3 amide bonds. The summed E-state index contributed by atoms with van der Waals surface area (Å²) >= 11 is 1.18. The van der Waals surface area contributed by atoms with Gasteiger partial charge in [0.1, 0.15) is 4.88 Å². The van der Waals surface area contributed by atoms with E-state index >= 15 is 0 Å². The standard InChI is InChI=1S/C17H23N3O4S/c21-15(18-11-13-3-4-14(25-13)16(22)23)12-5-9-20(10-6-12)17(24)19-7-1-2-8-19/h3-4,12H,1-2,5-11H2,(H,18,21)(H,22,23). The van der Waals surface area contributed by atoms with Gasteiger partial charge in [-0.05, 0) is 37.8 Å². The van der Waals surface area contributed by atoms with Crippen LogP contribution in [-0.2, 0) is 11.3 Å². The molecule has 25 heavy (non-hydrogen) atoms. The topological polar surface area (TPSA) is 90.0 Å². The van der Waals surface area contributed by atoms with Crippen LogP contribution in [0.25, 0.3) is 0 Å². The minimum atomic E-state index is -0.947. The van der Waals surface area contributed by atoms with Crippen molar-refractivity contribution in [1.29, 1.82) is 0 Å². The number of carboxylic acids is 1. The molecule has 0 spiro atoms. The van der Waals surface area contributed by atoms with Crippen LogP contribution in [0.4, 0.5) is 4.79 Å². The van der Waals surface area contributed by atoms with Crippen molar-refractivity contribution in [3.63, 3.8) is 0 Å². The Kier molecular flexibility index (Phi) is 5.57. The normalized spacial score (nSPS) is 18.4. The average molecular weight is 365 g/mol. The number of aromatic carboxylic acids is 1. The molecule has 2 aliphatic heterocycles. The molecular formula is C17H23N3O4S. The third-order valence-corrected chi connectivity index (χ3v) is 5.90. The quantitative estimate of drug-likeness (QED) is 0.854. The summed E-state index contributed by atoms with van der Waals surface area (Å²) in [6.07, 6.45) is 3.51. The van der Waals surface area contributed by atoms with Gasteiger partial charge in [0, 0.05) is 37.0 Å². The average Bonchev–Trinajstić information content (AvgIpc) is 3.31. The highest BCUT2D eigenvalue weighted by Crippen LogP contribution is 2.21. The zero-order chi connectivity index (χ0) is 17.8. The van der Waals surface area contributed by atoms with Crippen molar-refractivity contribution in [2.24, 2.45) is 5.92 Å². The molecule has 0 bridgehead atoms. The van der Waals surface area contributed by atoms with Crippen LogP contribution in [0, 0.1) is 5.92 Å². The van der Waals surface area contributed by atoms with E-state index in [1.54, 1.807) is 12.1 Å². The molecule has 2 saturated heterocycles. The number of rotatable bonds is 4. The number of carbonyl (C=O) groups excluding carboxylic acids is 2. The fourth-order valence-electron chi connectivity index (χ4n) is 3.35. The summed E-state index contributed by atoms with van der Waals surface area (Å²) in [6.45, 7) is 3.28. The molecule has 1 aromatic heterocycles. The van der Waals surface area contributed by atoms with Crippen molar-refractivity contribution >= 4 is 29.2 Å². The SMILES string of the molecule is O=C(O)c1ccc(CNC(=O)C2CCN(C(=O)N3CCCC3)CC2)s1. The maximum Gasteiger partial charge on any atom is 0.345 e. The van der Waals surface area contributed by atoms with Gasteiger partial charge < -0.3 is 20.2 Å². The van der Waals surface area contributed by atoms with Crippen molar-refractivity contribution in [2.45, 2.75) is 32.2 Å². The molecule has 3 heterocycles. The van der Waals surface area contributed by atoms with Crippen molar-refractivity contribution in [2.75, 3.05) is 26.2 Å². The summed E-state index contributed by atoms with van der Waals surface area (Å²) < 4.78 is 0. The number of carboxylic acid groups (broad SMARTS) is 1. The first kappa shape index (κ1) is 17.7. The van der Waals surface area contributed by atoms with E-state index in [4.69, 9.17) is 5.11 Å². The summed E-state index contributed by atoms with van der Waals surface area (Å²) in [5, 5.41) is 11.8. The Hall–Kier alpha value is -2.09. The van der Waals surface area contributed by atoms with Gasteiger partial charge in [0.25, 0.3) is 0 Å². The number of nitrogens with one attached hydrogen (secondary N) is 1. The Morgan fingerprint density at radius 1 is 1.08 bits per heavy atom. The fraction of sp³-hybridized carbons (Fsp3) is 0.588. The predicted molar refractivity (Wildman–Crippen MR) is 93.6 cm³/mol. The van der Waals surface area contributed by atoms with Crippen molar-refractivity contribution in [1.82, 2.24) is 15.1 Å². The summed E-state index contributed by atoms with van der Waals surface area (Å²) in [5.74, 6) is -1.04. The van der Waals surface area contributed by atoms with E-state index in [-0.39, 0.29) is 22.7 Å². The molecule has 0 atom stereocenters. The third-order valence-electron chi connectivity index (χ3n) is 4.82. The van der Waals surface area contributed by atoms with E-state index in [0.29, 0.717) is 32.5 Å². The fourth-order valence-corrected chi connectivity index (χ4v) is 4.13. The molecule has 2 fully saturated rings. The summed E-state index contributed by atoms with van der Waals surface area (Å²) in [6, 6.07) is 3.39. The van der Waals surface area contributed by atoms with Crippen LogP contribution >= 0.6 is 11.3 Å². The molecule has 8 heteroatoms. The number of thiophene rings is 1. The van der Waals surface area contributed by atoms with E-state index in [1.165, 1.54) is 11.3 Å².